The average Bonchev–Trinajstić information content (AvgIpc) is 3.46. The SMILES string of the molecule is CC1=CCCC2(C)C(CCC2(O)CN(Cc2cccc3ccccc23)C(=O)NC(C)c2ccccc2)c2ccc(cc2C(=O)Cc2c(F)cccc2Cl)CC(O)CC1. The number of ketones is 1. The standard InChI is InChI=1S/C50H54ClFN2O4/c1-33-12-11-26-49(3)44(41-24-22-35(28-39(55)23-21-33)29-42(41)47(56)30-43-45(51)19-10-20-46(43)52)25-27-50(49,58)32-54(48(57)53-34(2)36-13-5-4-6-14-36)31-38-17-9-16-37-15-7-8-18-40(37)38/h4-10,12-20,22,24,29,34,39,44,55,58H,11,21,23,25-28,30-32H2,1-3H3,(H,53,57). The Balaban J connectivity index is 1.29. The molecule has 2 bridgehead atoms. The Kier molecular flexibility index (Phi) is 12.5. The van der Waals surface area contributed by atoms with E-state index in [9.17, 15) is 19.8 Å². The minimum Gasteiger partial charge on any atom is -0.393 e. The van der Waals surface area contributed by atoms with Gasteiger partial charge in [0.25, 0.3) is 0 Å². The number of benzene rings is 5. The van der Waals surface area contributed by atoms with Crippen LogP contribution in [0.5, 0.6) is 0 Å². The summed E-state index contributed by atoms with van der Waals surface area (Å²) in [7, 11) is 0. The molecule has 2 amide bonds. The van der Waals surface area contributed by atoms with Gasteiger partial charge in [-0.25, -0.2) is 9.18 Å². The molecule has 0 aromatic heterocycles. The number of hydrogen-bond donors (Lipinski definition) is 3. The Morgan fingerprint density at radius 1 is 0.948 bits per heavy atom. The van der Waals surface area contributed by atoms with Crippen LogP contribution >= 0.6 is 11.6 Å². The number of hydrogen-bond acceptors (Lipinski definition) is 4. The number of aliphatic hydroxyl groups excluding tert-OH is 1. The van der Waals surface area contributed by atoms with Crippen molar-refractivity contribution < 1.29 is 24.2 Å². The molecular formula is C50H54ClFN2O4. The van der Waals surface area contributed by atoms with Gasteiger partial charge in [0.2, 0.25) is 0 Å². The van der Waals surface area contributed by atoms with Crippen LogP contribution in [0.2, 0.25) is 5.02 Å². The fourth-order valence-corrected chi connectivity index (χ4v) is 9.68. The number of rotatable bonds is 9. The molecule has 0 heterocycles. The van der Waals surface area contributed by atoms with Gasteiger partial charge in [-0.2, -0.15) is 0 Å². The molecule has 6 nitrogen and oxygen atoms in total. The molecule has 5 unspecified atom stereocenters. The van der Waals surface area contributed by atoms with E-state index >= 15 is 4.39 Å². The van der Waals surface area contributed by atoms with Gasteiger partial charge in [-0.1, -0.05) is 121 Å². The van der Waals surface area contributed by atoms with Crippen LogP contribution in [0.1, 0.15) is 109 Å². The van der Waals surface area contributed by atoms with Crippen LogP contribution in [0.25, 0.3) is 10.8 Å². The Bertz CT molecular complexity index is 2290. The highest BCUT2D eigenvalue weighted by Gasteiger charge is 2.57. The number of carbonyl (C=O) groups is 2. The number of nitrogens with zero attached hydrogens (tertiary/aromatic N) is 1. The van der Waals surface area contributed by atoms with Crippen LogP contribution in [-0.2, 0) is 19.4 Å². The summed E-state index contributed by atoms with van der Waals surface area (Å²) >= 11 is 6.43. The highest BCUT2D eigenvalue weighted by Crippen LogP contribution is 2.59. The van der Waals surface area contributed by atoms with E-state index in [0.29, 0.717) is 44.1 Å². The molecule has 5 aromatic rings. The molecule has 8 rings (SSSR count). The number of Topliss-reactive ketones (excluding diaryl/α,β-unsaturated/α-hetero) is 1. The number of aliphatic hydroxyl groups is 2. The zero-order valence-electron chi connectivity index (χ0n) is 33.7. The fraction of sp³-hybridized carbons (Fsp3) is 0.360. The molecule has 3 aliphatic carbocycles. The molecule has 3 N–H and O–H groups in total. The molecule has 1 fully saturated rings. The van der Waals surface area contributed by atoms with E-state index in [1.165, 1.54) is 17.7 Å². The summed E-state index contributed by atoms with van der Waals surface area (Å²) in [6, 6.07) is 33.8. The second-order valence-electron chi connectivity index (χ2n) is 16.8. The van der Waals surface area contributed by atoms with E-state index in [2.05, 4.69) is 43.4 Å². The van der Waals surface area contributed by atoms with Crippen LogP contribution in [-0.4, -0.2) is 45.2 Å². The zero-order chi connectivity index (χ0) is 41.0. The molecule has 0 aliphatic heterocycles. The third kappa shape index (κ3) is 8.78. The van der Waals surface area contributed by atoms with Crippen LogP contribution in [0.3, 0.4) is 0 Å². The summed E-state index contributed by atoms with van der Waals surface area (Å²) in [5.74, 6) is -1.08. The second-order valence-corrected chi connectivity index (χ2v) is 17.2. The lowest BCUT2D eigenvalue weighted by Gasteiger charge is -2.46. The van der Waals surface area contributed by atoms with Gasteiger partial charge in [-0.05, 0) is 116 Å². The maximum atomic E-state index is 15.1. The second kappa shape index (κ2) is 17.6. The van der Waals surface area contributed by atoms with Crippen LogP contribution in [0.4, 0.5) is 9.18 Å². The zero-order valence-corrected chi connectivity index (χ0v) is 34.4. The molecule has 0 radical (unpaired) electrons. The predicted octanol–water partition coefficient (Wildman–Crippen LogP) is 11.1. The third-order valence-electron chi connectivity index (χ3n) is 13.0. The van der Waals surface area contributed by atoms with Crippen molar-refractivity contribution in [3.05, 3.63) is 165 Å². The largest absolute Gasteiger partial charge is 0.393 e. The molecule has 58 heavy (non-hydrogen) atoms. The number of amides is 2. The lowest BCUT2D eigenvalue weighted by Crippen LogP contribution is -2.55. The minimum atomic E-state index is -1.35. The van der Waals surface area contributed by atoms with E-state index < -0.39 is 22.9 Å². The van der Waals surface area contributed by atoms with Gasteiger partial charge in [-0.3, -0.25) is 4.79 Å². The van der Waals surface area contributed by atoms with E-state index in [0.717, 1.165) is 39.4 Å². The van der Waals surface area contributed by atoms with Crippen molar-refractivity contribution in [1.82, 2.24) is 10.2 Å². The van der Waals surface area contributed by atoms with Crippen molar-refractivity contribution in [2.75, 3.05) is 6.54 Å². The number of allylic oxidation sites excluding steroid dienone is 2. The molecule has 302 valence electrons. The van der Waals surface area contributed by atoms with E-state index in [4.69, 9.17) is 11.6 Å². The summed E-state index contributed by atoms with van der Waals surface area (Å²) in [6.07, 6.45) is 5.29. The molecule has 1 saturated carbocycles. The van der Waals surface area contributed by atoms with Crippen molar-refractivity contribution in [3.63, 3.8) is 0 Å². The maximum Gasteiger partial charge on any atom is 0.318 e. The average molecular weight is 801 g/mol. The summed E-state index contributed by atoms with van der Waals surface area (Å²) < 4.78 is 15.1. The maximum absolute atomic E-state index is 15.1. The molecule has 8 heteroatoms. The van der Waals surface area contributed by atoms with Crippen molar-refractivity contribution in [2.24, 2.45) is 5.41 Å². The topological polar surface area (TPSA) is 89.9 Å². The molecule has 5 aromatic carbocycles. The smallest absolute Gasteiger partial charge is 0.318 e. The Morgan fingerprint density at radius 3 is 2.48 bits per heavy atom. The predicted molar refractivity (Wildman–Crippen MR) is 231 cm³/mol. The van der Waals surface area contributed by atoms with Gasteiger partial charge < -0.3 is 20.4 Å². The molecule has 3 aliphatic rings. The van der Waals surface area contributed by atoms with Crippen LogP contribution < -0.4 is 5.32 Å². The number of halogens is 2. The summed E-state index contributed by atoms with van der Waals surface area (Å²) in [6.45, 7) is 6.51. The van der Waals surface area contributed by atoms with Gasteiger partial charge in [0.1, 0.15) is 5.82 Å². The Labute approximate surface area is 346 Å². The van der Waals surface area contributed by atoms with Crippen LogP contribution in [0.15, 0.2) is 121 Å². The number of urea groups is 1. The minimum absolute atomic E-state index is 0.0671. The third-order valence-corrected chi connectivity index (χ3v) is 13.3. The summed E-state index contributed by atoms with van der Waals surface area (Å²) in [4.78, 5) is 30.7. The van der Waals surface area contributed by atoms with Crippen molar-refractivity contribution in [2.45, 2.75) is 102 Å². The lowest BCUT2D eigenvalue weighted by molar-refractivity contribution is -0.0780. The van der Waals surface area contributed by atoms with Crippen molar-refractivity contribution in [1.29, 1.82) is 0 Å². The molecular weight excluding hydrogens is 747 g/mol. The molecule has 0 spiro atoms. The van der Waals surface area contributed by atoms with Crippen molar-refractivity contribution in [3.8, 4) is 0 Å². The summed E-state index contributed by atoms with van der Waals surface area (Å²) in [5, 5.41) is 29.8. The summed E-state index contributed by atoms with van der Waals surface area (Å²) in [5.41, 5.74) is 3.20. The van der Waals surface area contributed by atoms with Gasteiger partial charge in [-0.15, -0.1) is 0 Å². The lowest BCUT2D eigenvalue weighted by atomic mass is 9.64. The fourth-order valence-electron chi connectivity index (χ4n) is 9.45. The molecule has 5 atom stereocenters. The first kappa shape index (κ1) is 41.3. The highest BCUT2D eigenvalue weighted by molar-refractivity contribution is 6.31. The Morgan fingerprint density at radius 2 is 1.69 bits per heavy atom. The van der Waals surface area contributed by atoms with Crippen LogP contribution in [0, 0.1) is 11.2 Å². The van der Waals surface area contributed by atoms with Gasteiger partial charge in [0, 0.05) is 34.5 Å². The first-order valence-corrected chi connectivity index (χ1v) is 20.9. The quantitative estimate of drug-likeness (QED) is 0.102. The van der Waals surface area contributed by atoms with E-state index in [-0.39, 0.29) is 53.9 Å². The monoisotopic (exact) mass is 800 g/mol. The van der Waals surface area contributed by atoms with Gasteiger partial charge in [0.05, 0.1) is 24.3 Å². The normalized spacial score (nSPS) is 22.8. The number of carbonyl (C=O) groups excluding carboxylic acids is 2. The van der Waals surface area contributed by atoms with E-state index in [1.807, 2.05) is 79.7 Å². The highest BCUT2D eigenvalue weighted by atomic mass is 35.5. The van der Waals surface area contributed by atoms with Gasteiger partial charge >= 0.3 is 6.03 Å². The first-order valence-electron chi connectivity index (χ1n) is 20.6. The molecule has 0 saturated heterocycles. The van der Waals surface area contributed by atoms with E-state index in [1.54, 1.807) is 11.0 Å². The Hall–Kier alpha value is -4.82. The van der Waals surface area contributed by atoms with Crippen molar-refractivity contribution >= 4 is 34.2 Å². The number of nitrogens with one attached hydrogen (secondary N) is 1. The number of fused-ring (bicyclic) bond motifs is 9. The first-order chi connectivity index (χ1) is 27.8. The van der Waals surface area contributed by atoms with Gasteiger partial charge in [0.15, 0.2) is 5.78 Å².